The molecule has 106 valence electrons. The van der Waals surface area contributed by atoms with Gasteiger partial charge in [0.25, 0.3) is 0 Å². The minimum atomic E-state index is -0.291. The molecule has 5 heteroatoms. The zero-order valence-electron chi connectivity index (χ0n) is 11.6. The van der Waals surface area contributed by atoms with Crippen molar-refractivity contribution in [2.75, 3.05) is 12.4 Å². The molecule has 0 aliphatic rings. The molecule has 1 heterocycles. The third-order valence-electron chi connectivity index (χ3n) is 3.34. The van der Waals surface area contributed by atoms with Gasteiger partial charge in [0.15, 0.2) is 5.82 Å². The molecule has 0 amide bonds. The molecule has 0 saturated heterocycles. The molecule has 0 atom stereocenters. The van der Waals surface area contributed by atoms with Crippen LogP contribution in [0.4, 0.5) is 10.2 Å². The van der Waals surface area contributed by atoms with E-state index in [9.17, 15) is 4.39 Å². The molecule has 0 saturated carbocycles. The topological polar surface area (TPSA) is 37.8 Å². The van der Waals surface area contributed by atoms with Crippen LogP contribution < -0.4 is 5.32 Å². The molecule has 0 fully saturated rings. The van der Waals surface area contributed by atoms with Crippen LogP contribution >= 0.6 is 15.9 Å². The molecule has 0 radical (unpaired) electrons. The third kappa shape index (κ3) is 2.61. The molecule has 0 aliphatic heterocycles. The zero-order chi connectivity index (χ0) is 15.0. The lowest BCUT2D eigenvalue weighted by Crippen LogP contribution is -2.00. The highest BCUT2D eigenvalue weighted by Crippen LogP contribution is 2.28. The van der Waals surface area contributed by atoms with Gasteiger partial charge in [-0.05, 0) is 42.8 Å². The van der Waals surface area contributed by atoms with Crippen molar-refractivity contribution in [3.05, 3.63) is 52.3 Å². The van der Waals surface area contributed by atoms with E-state index in [4.69, 9.17) is 0 Å². The van der Waals surface area contributed by atoms with E-state index in [0.717, 1.165) is 26.8 Å². The van der Waals surface area contributed by atoms with Crippen molar-refractivity contribution in [3.8, 4) is 11.4 Å². The molecule has 1 N–H and O–H groups in total. The molecule has 3 nitrogen and oxygen atoms in total. The standard InChI is InChI=1S/C16H13BrFN3/c1-9-3-5-11(18)8-12(9)16-20-14-6-4-10(17)7-13(14)15(19-2)21-16/h3-8H,1-2H3,(H,19,20,21). The summed E-state index contributed by atoms with van der Waals surface area (Å²) in [4.78, 5) is 9.08. The maximum absolute atomic E-state index is 13.5. The summed E-state index contributed by atoms with van der Waals surface area (Å²) in [6.45, 7) is 1.92. The van der Waals surface area contributed by atoms with Crippen LogP contribution in [0, 0.1) is 12.7 Å². The second-order valence-corrected chi connectivity index (χ2v) is 5.68. The highest BCUT2D eigenvalue weighted by molar-refractivity contribution is 9.10. The Balaban J connectivity index is 2.29. The number of hydrogen-bond acceptors (Lipinski definition) is 3. The Morgan fingerprint density at radius 2 is 1.90 bits per heavy atom. The van der Waals surface area contributed by atoms with Crippen LogP contribution in [0.5, 0.6) is 0 Å². The summed E-state index contributed by atoms with van der Waals surface area (Å²) in [5.41, 5.74) is 2.46. The van der Waals surface area contributed by atoms with Crippen molar-refractivity contribution >= 4 is 32.7 Å². The first kappa shape index (κ1) is 13.9. The molecule has 0 unspecified atom stereocenters. The van der Waals surface area contributed by atoms with Crippen LogP contribution in [0.2, 0.25) is 0 Å². The molecule has 0 bridgehead atoms. The highest BCUT2D eigenvalue weighted by atomic mass is 79.9. The molecule has 2 aromatic carbocycles. The van der Waals surface area contributed by atoms with Crippen LogP contribution in [0.1, 0.15) is 5.56 Å². The van der Waals surface area contributed by atoms with E-state index in [-0.39, 0.29) is 5.82 Å². The molecule has 3 aromatic rings. The number of aryl methyl sites for hydroxylation is 1. The van der Waals surface area contributed by atoms with Gasteiger partial charge in [-0.25, -0.2) is 14.4 Å². The Labute approximate surface area is 130 Å². The molecule has 1 aromatic heterocycles. The van der Waals surface area contributed by atoms with Crippen LogP contribution in [0.15, 0.2) is 40.9 Å². The summed E-state index contributed by atoms with van der Waals surface area (Å²) >= 11 is 3.45. The van der Waals surface area contributed by atoms with Crippen LogP contribution in [-0.4, -0.2) is 17.0 Å². The number of fused-ring (bicyclic) bond motifs is 1. The van der Waals surface area contributed by atoms with Gasteiger partial charge in [-0.1, -0.05) is 22.0 Å². The summed E-state index contributed by atoms with van der Waals surface area (Å²) in [5.74, 6) is 0.951. The monoisotopic (exact) mass is 345 g/mol. The number of rotatable bonds is 2. The van der Waals surface area contributed by atoms with E-state index >= 15 is 0 Å². The first-order chi connectivity index (χ1) is 10.1. The van der Waals surface area contributed by atoms with Crippen molar-refractivity contribution < 1.29 is 4.39 Å². The van der Waals surface area contributed by atoms with E-state index in [1.165, 1.54) is 12.1 Å². The molecule has 3 rings (SSSR count). The lowest BCUT2D eigenvalue weighted by Gasteiger charge is -2.10. The summed E-state index contributed by atoms with van der Waals surface area (Å²) < 4.78 is 14.5. The predicted molar refractivity (Wildman–Crippen MR) is 86.9 cm³/mol. The molecule has 0 spiro atoms. The maximum atomic E-state index is 13.5. The van der Waals surface area contributed by atoms with Crippen molar-refractivity contribution in [3.63, 3.8) is 0 Å². The van der Waals surface area contributed by atoms with E-state index in [0.29, 0.717) is 11.4 Å². The Morgan fingerprint density at radius 1 is 1.10 bits per heavy atom. The second-order valence-electron chi connectivity index (χ2n) is 4.77. The van der Waals surface area contributed by atoms with Crippen molar-refractivity contribution in [2.24, 2.45) is 0 Å². The van der Waals surface area contributed by atoms with Gasteiger partial charge in [0, 0.05) is 22.5 Å². The first-order valence-electron chi connectivity index (χ1n) is 6.50. The van der Waals surface area contributed by atoms with E-state index in [1.807, 2.05) is 32.2 Å². The fourth-order valence-electron chi connectivity index (χ4n) is 2.25. The van der Waals surface area contributed by atoms with Gasteiger partial charge in [-0.2, -0.15) is 0 Å². The Morgan fingerprint density at radius 3 is 2.67 bits per heavy atom. The van der Waals surface area contributed by atoms with Crippen LogP contribution in [0.25, 0.3) is 22.3 Å². The minimum Gasteiger partial charge on any atom is -0.373 e. The number of nitrogens with one attached hydrogen (secondary N) is 1. The normalized spacial score (nSPS) is 10.9. The maximum Gasteiger partial charge on any atom is 0.162 e. The Bertz CT molecular complexity index is 833. The fourth-order valence-corrected chi connectivity index (χ4v) is 2.61. The largest absolute Gasteiger partial charge is 0.373 e. The third-order valence-corrected chi connectivity index (χ3v) is 3.83. The molecular weight excluding hydrogens is 333 g/mol. The lowest BCUT2D eigenvalue weighted by atomic mass is 10.1. The average molecular weight is 346 g/mol. The van der Waals surface area contributed by atoms with Gasteiger partial charge in [0.1, 0.15) is 11.6 Å². The summed E-state index contributed by atoms with van der Waals surface area (Å²) in [7, 11) is 1.81. The Kier molecular flexibility index (Phi) is 3.59. The van der Waals surface area contributed by atoms with Gasteiger partial charge in [0.2, 0.25) is 0 Å². The number of anilines is 1. The van der Waals surface area contributed by atoms with Crippen molar-refractivity contribution in [1.29, 1.82) is 0 Å². The first-order valence-corrected chi connectivity index (χ1v) is 7.29. The van der Waals surface area contributed by atoms with Gasteiger partial charge < -0.3 is 5.32 Å². The number of benzene rings is 2. The van der Waals surface area contributed by atoms with Crippen molar-refractivity contribution in [2.45, 2.75) is 6.92 Å². The quantitative estimate of drug-likeness (QED) is 0.740. The Hall–Kier alpha value is -2.01. The second kappa shape index (κ2) is 5.41. The van der Waals surface area contributed by atoms with E-state index in [2.05, 4.69) is 31.2 Å². The van der Waals surface area contributed by atoms with Crippen LogP contribution in [0.3, 0.4) is 0 Å². The van der Waals surface area contributed by atoms with E-state index < -0.39 is 0 Å². The minimum absolute atomic E-state index is 0.291. The summed E-state index contributed by atoms with van der Waals surface area (Å²) in [6, 6.07) is 10.4. The zero-order valence-corrected chi connectivity index (χ0v) is 13.2. The number of nitrogens with zero attached hydrogens (tertiary/aromatic N) is 2. The van der Waals surface area contributed by atoms with Crippen LogP contribution in [-0.2, 0) is 0 Å². The number of halogens is 2. The number of aromatic nitrogens is 2. The lowest BCUT2D eigenvalue weighted by molar-refractivity contribution is 0.628. The molecule has 21 heavy (non-hydrogen) atoms. The summed E-state index contributed by atoms with van der Waals surface area (Å²) in [5, 5.41) is 4.00. The average Bonchev–Trinajstić information content (AvgIpc) is 2.48. The fraction of sp³-hybridized carbons (Fsp3) is 0.125. The predicted octanol–water partition coefficient (Wildman–Crippen LogP) is 4.55. The van der Waals surface area contributed by atoms with Gasteiger partial charge in [0.05, 0.1) is 5.52 Å². The van der Waals surface area contributed by atoms with Crippen molar-refractivity contribution in [1.82, 2.24) is 9.97 Å². The highest BCUT2D eigenvalue weighted by Gasteiger charge is 2.11. The SMILES string of the molecule is CNc1nc(-c2cc(F)ccc2C)nc2ccc(Br)cc12. The van der Waals surface area contributed by atoms with Gasteiger partial charge in [-0.3, -0.25) is 0 Å². The smallest absolute Gasteiger partial charge is 0.162 e. The van der Waals surface area contributed by atoms with E-state index in [1.54, 1.807) is 6.07 Å². The van der Waals surface area contributed by atoms with Gasteiger partial charge >= 0.3 is 0 Å². The summed E-state index contributed by atoms with van der Waals surface area (Å²) in [6.07, 6.45) is 0. The number of hydrogen-bond donors (Lipinski definition) is 1. The molecule has 0 aliphatic carbocycles. The molecular formula is C16H13BrFN3. The van der Waals surface area contributed by atoms with Gasteiger partial charge in [-0.15, -0.1) is 0 Å².